The van der Waals surface area contributed by atoms with Gasteiger partial charge in [-0.15, -0.1) is 0 Å². The van der Waals surface area contributed by atoms with Gasteiger partial charge in [0.25, 0.3) is 0 Å². The molecule has 1 aromatic heterocycles. The summed E-state index contributed by atoms with van der Waals surface area (Å²) in [6.07, 6.45) is 5.00. The molecule has 1 fully saturated rings. The highest BCUT2D eigenvalue weighted by atomic mass is 32.2. The maximum absolute atomic E-state index is 4.96. The van der Waals surface area contributed by atoms with Crippen LogP contribution < -0.4 is 10.4 Å². The molecule has 6 heteroatoms. The maximum atomic E-state index is 4.96. The highest BCUT2D eigenvalue weighted by Crippen LogP contribution is 2.17. The van der Waals surface area contributed by atoms with E-state index in [0.717, 1.165) is 16.0 Å². The van der Waals surface area contributed by atoms with Gasteiger partial charge in [0.15, 0.2) is 10.1 Å². The Bertz CT molecular complexity index is 289. The number of rotatable bonds is 1. The van der Waals surface area contributed by atoms with E-state index in [1.165, 1.54) is 0 Å². The van der Waals surface area contributed by atoms with Crippen LogP contribution in [0.2, 0.25) is 0 Å². The van der Waals surface area contributed by atoms with Crippen LogP contribution in [0.25, 0.3) is 0 Å². The van der Waals surface area contributed by atoms with Crippen LogP contribution in [0.1, 0.15) is 0 Å². The minimum Gasteiger partial charge on any atom is -0.280 e. The molecule has 0 saturated carbocycles. The van der Waals surface area contributed by atoms with Gasteiger partial charge in [0.1, 0.15) is 0 Å². The molecule has 1 N–H and O–H groups in total. The van der Waals surface area contributed by atoms with Gasteiger partial charge in [0, 0.05) is 12.4 Å². The second-order valence-electron chi connectivity index (χ2n) is 2.16. The summed E-state index contributed by atoms with van der Waals surface area (Å²) in [5, 5.41) is 1.86. The molecule has 12 heavy (non-hydrogen) atoms. The minimum atomic E-state index is 0.778. The molecule has 0 radical (unpaired) electrons. The molecule has 2 rings (SSSR count). The van der Waals surface area contributed by atoms with Gasteiger partial charge in [-0.1, -0.05) is 24.0 Å². The molecule has 1 aromatic rings. The number of thioether (sulfide) groups is 1. The highest BCUT2D eigenvalue weighted by Gasteiger charge is 2.16. The molecule has 0 unspecified atom stereocenters. The van der Waals surface area contributed by atoms with Gasteiger partial charge in [-0.2, -0.15) is 0 Å². The van der Waals surface area contributed by atoms with Crippen molar-refractivity contribution in [2.24, 2.45) is 0 Å². The third-order valence-electron chi connectivity index (χ3n) is 1.38. The van der Waals surface area contributed by atoms with Crippen LogP contribution in [0, 0.1) is 0 Å². The van der Waals surface area contributed by atoms with Crippen LogP contribution in [-0.4, -0.2) is 20.2 Å². The standard InChI is InChI=1S/C6H6N4S2/c11-6-9-10(4-12-6)5-3-7-1-2-8-5/h1-3H,4H2,(H,9,11). The van der Waals surface area contributed by atoms with Gasteiger partial charge in [0.05, 0.1) is 12.1 Å². The van der Waals surface area contributed by atoms with Crippen molar-refractivity contribution in [3.8, 4) is 0 Å². The fourth-order valence-electron chi connectivity index (χ4n) is 0.852. The first kappa shape index (κ1) is 7.75. The number of aromatic nitrogens is 2. The molecule has 1 aliphatic heterocycles. The third kappa shape index (κ3) is 1.49. The average Bonchev–Trinajstić information content (AvgIpc) is 2.54. The molecule has 62 valence electrons. The van der Waals surface area contributed by atoms with Crippen molar-refractivity contribution in [1.29, 1.82) is 0 Å². The van der Waals surface area contributed by atoms with Crippen LogP contribution in [0.15, 0.2) is 18.6 Å². The third-order valence-corrected chi connectivity index (χ3v) is 2.56. The average molecular weight is 198 g/mol. The second-order valence-corrected chi connectivity index (χ2v) is 3.79. The van der Waals surface area contributed by atoms with E-state index in [2.05, 4.69) is 15.4 Å². The number of anilines is 1. The van der Waals surface area contributed by atoms with E-state index in [9.17, 15) is 0 Å². The largest absolute Gasteiger partial charge is 0.280 e. The Labute approximate surface area is 79.4 Å². The van der Waals surface area contributed by atoms with Gasteiger partial charge in [-0.3, -0.25) is 15.4 Å². The molecule has 4 nitrogen and oxygen atoms in total. The Hall–Kier alpha value is -0.880. The van der Waals surface area contributed by atoms with Crippen molar-refractivity contribution in [2.75, 3.05) is 10.9 Å². The highest BCUT2D eigenvalue weighted by molar-refractivity contribution is 8.23. The van der Waals surface area contributed by atoms with E-state index in [-0.39, 0.29) is 0 Å². The summed E-state index contributed by atoms with van der Waals surface area (Å²) >= 11 is 6.54. The smallest absolute Gasteiger partial charge is 0.166 e. The summed E-state index contributed by atoms with van der Waals surface area (Å²) in [6.45, 7) is 0. The first-order valence-corrected chi connectivity index (χ1v) is 4.72. The van der Waals surface area contributed by atoms with Crippen molar-refractivity contribution < 1.29 is 0 Å². The topological polar surface area (TPSA) is 41.0 Å². The fourth-order valence-corrected chi connectivity index (χ4v) is 1.74. The van der Waals surface area contributed by atoms with Crippen molar-refractivity contribution >= 4 is 34.1 Å². The lowest BCUT2D eigenvalue weighted by Gasteiger charge is -2.13. The maximum Gasteiger partial charge on any atom is 0.166 e. The summed E-state index contributed by atoms with van der Waals surface area (Å²) in [4.78, 5) is 8.08. The number of hydrazine groups is 1. The Kier molecular flexibility index (Phi) is 2.09. The predicted octanol–water partition coefficient (Wildman–Crippen LogP) is 0.777. The van der Waals surface area contributed by atoms with E-state index in [0.29, 0.717) is 0 Å². The van der Waals surface area contributed by atoms with Gasteiger partial charge < -0.3 is 0 Å². The van der Waals surface area contributed by atoms with Gasteiger partial charge in [-0.05, 0) is 0 Å². The normalized spacial score (nSPS) is 16.3. The van der Waals surface area contributed by atoms with Gasteiger partial charge >= 0.3 is 0 Å². The predicted molar refractivity (Wildman–Crippen MR) is 52.7 cm³/mol. The quantitative estimate of drug-likeness (QED) is 0.672. The van der Waals surface area contributed by atoms with Crippen LogP contribution in [0.3, 0.4) is 0 Å². The number of thiocarbonyl (C=S) groups is 1. The lowest BCUT2D eigenvalue weighted by atomic mass is 10.6. The molecule has 0 spiro atoms. The number of nitrogens with one attached hydrogen (secondary N) is 1. The Morgan fingerprint density at radius 1 is 1.58 bits per heavy atom. The zero-order chi connectivity index (χ0) is 8.39. The lowest BCUT2D eigenvalue weighted by Crippen LogP contribution is -2.32. The SMILES string of the molecule is S=C1NN(c2cnccn2)CS1. The van der Waals surface area contributed by atoms with Crippen LogP contribution in [-0.2, 0) is 0 Å². The summed E-state index contributed by atoms with van der Waals surface area (Å²) < 4.78 is 0.778. The summed E-state index contributed by atoms with van der Waals surface area (Å²) in [5.74, 6) is 1.59. The molecule has 1 aliphatic rings. The lowest BCUT2D eigenvalue weighted by molar-refractivity contribution is 0.866. The number of hydrogen-bond donors (Lipinski definition) is 1. The van der Waals surface area contributed by atoms with E-state index in [1.54, 1.807) is 30.4 Å². The number of hydrogen-bond acceptors (Lipinski definition) is 5. The van der Waals surface area contributed by atoms with Gasteiger partial charge in [-0.25, -0.2) is 4.98 Å². The van der Waals surface area contributed by atoms with E-state index in [1.807, 2.05) is 5.01 Å². The van der Waals surface area contributed by atoms with Crippen LogP contribution in [0.4, 0.5) is 5.82 Å². The first-order valence-electron chi connectivity index (χ1n) is 3.33. The first-order chi connectivity index (χ1) is 5.86. The Balaban J connectivity index is 2.16. The molecule has 0 bridgehead atoms. The van der Waals surface area contributed by atoms with Crippen LogP contribution in [0.5, 0.6) is 0 Å². The molecule has 0 amide bonds. The molecule has 2 heterocycles. The summed E-state index contributed by atoms with van der Waals surface area (Å²) in [6, 6.07) is 0. The molecule has 0 atom stereocenters. The van der Waals surface area contributed by atoms with Crippen LogP contribution >= 0.6 is 24.0 Å². The Morgan fingerprint density at radius 3 is 3.08 bits per heavy atom. The Morgan fingerprint density at radius 2 is 2.50 bits per heavy atom. The molecular weight excluding hydrogens is 192 g/mol. The number of nitrogens with zero attached hydrogens (tertiary/aromatic N) is 3. The fraction of sp³-hybridized carbons (Fsp3) is 0.167. The van der Waals surface area contributed by atoms with E-state index < -0.39 is 0 Å². The molecular formula is C6H6N4S2. The van der Waals surface area contributed by atoms with Crippen molar-refractivity contribution in [2.45, 2.75) is 0 Å². The molecule has 0 aromatic carbocycles. The zero-order valence-electron chi connectivity index (χ0n) is 6.10. The van der Waals surface area contributed by atoms with Gasteiger partial charge in [0.2, 0.25) is 0 Å². The molecule has 1 saturated heterocycles. The monoisotopic (exact) mass is 198 g/mol. The van der Waals surface area contributed by atoms with E-state index >= 15 is 0 Å². The zero-order valence-corrected chi connectivity index (χ0v) is 7.73. The molecule has 0 aliphatic carbocycles. The summed E-state index contributed by atoms with van der Waals surface area (Å²) in [5.41, 5.74) is 3.00. The minimum absolute atomic E-state index is 0.778. The second kappa shape index (κ2) is 3.24. The van der Waals surface area contributed by atoms with Crippen molar-refractivity contribution in [3.05, 3.63) is 18.6 Å². The van der Waals surface area contributed by atoms with Crippen molar-refractivity contribution in [1.82, 2.24) is 15.4 Å². The van der Waals surface area contributed by atoms with E-state index in [4.69, 9.17) is 12.2 Å². The summed E-state index contributed by atoms with van der Waals surface area (Å²) in [7, 11) is 0. The van der Waals surface area contributed by atoms with Crippen molar-refractivity contribution in [3.63, 3.8) is 0 Å².